The maximum atomic E-state index is 5.37. The molecule has 1 aliphatic heterocycles. The van der Waals surface area contributed by atoms with Gasteiger partial charge in [0.25, 0.3) is 0 Å². The minimum Gasteiger partial charge on any atom is -0.445 e. The first-order chi connectivity index (χ1) is 45.4. The zero-order chi connectivity index (χ0) is 76.3. The Labute approximate surface area is 613 Å². The van der Waals surface area contributed by atoms with Crippen LogP contribution < -0.4 is 0 Å². The first-order valence-corrected chi connectivity index (χ1v) is 36.3. The van der Waals surface area contributed by atoms with Crippen LogP contribution in [0, 0.1) is 5.41 Å². The normalized spacial score (nSPS) is 12.2. The average molecular weight is 1420 g/mol. The molecule has 1 aliphatic rings. The van der Waals surface area contributed by atoms with Gasteiger partial charge in [0, 0.05) is 83.2 Å². The summed E-state index contributed by atoms with van der Waals surface area (Å²) in [5.41, 5.74) is 11.7. The summed E-state index contributed by atoms with van der Waals surface area (Å²) >= 11 is 6.41. The maximum absolute atomic E-state index is 5.37. The van der Waals surface area contributed by atoms with Crippen LogP contribution in [0.5, 0.6) is 0 Å². The zero-order valence-corrected chi connectivity index (χ0v) is 68.5. The molecule has 0 unspecified atom stereocenters. The van der Waals surface area contributed by atoms with E-state index in [0.29, 0.717) is 11.8 Å². The Morgan fingerprint density at radius 3 is 1.28 bits per heavy atom. The molecule has 0 amide bonds. The first-order valence-electron chi connectivity index (χ1n) is 33.0. The number of rotatable bonds is 9. The number of allylic oxidation sites excluding steroid dienone is 3. The fourth-order valence-corrected chi connectivity index (χ4v) is 10.8. The molecule has 0 fully saturated rings. The van der Waals surface area contributed by atoms with Crippen LogP contribution in [0.2, 0.25) is 0 Å². The van der Waals surface area contributed by atoms with Crippen LogP contribution in [0.3, 0.4) is 0 Å². The maximum Gasteiger partial charge on any atom is 0.218 e. The number of hydrogen-bond acceptors (Lipinski definition) is 17. The van der Waals surface area contributed by atoms with Crippen LogP contribution >= 0.6 is 45.7 Å². The number of oxazole rings is 2. The van der Waals surface area contributed by atoms with Gasteiger partial charge in [-0.2, -0.15) is 8.75 Å². The second-order valence-electron chi connectivity index (χ2n) is 32.2. The van der Waals surface area contributed by atoms with E-state index in [4.69, 9.17) is 17.9 Å². The molecule has 0 N–H and O–H groups in total. The molecule has 0 saturated carbocycles. The summed E-state index contributed by atoms with van der Waals surface area (Å²) in [6.45, 7) is 90.7. The van der Waals surface area contributed by atoms with Crippen molar-refractivity contribution >= 4 is 100 Å². The molecule has 0 spiro atoms. The lowest BCUT2D eigenvalue weighted by atomic mass is 9.87. The predicted molar refractivity (Wildman–Crippen MR) is 435 cm³/mol. The highest BCUT2D eigenvalue weighted by Crippen LogP contribution is 2.33. The van der Waals surface area contributed by atoms with Crippen LogP contribution in [0.4, 0.5) is 0 Å². The smallest absolute Gasteiger partial charge is 0.218 e. The molecule has 9 rings (SSSR count). The fourth-order valence-electron chi connectivity index (χ4n) is 7.34. The minimum atomic E-state index is 0.0360. The van der Waals surface area contributed by atoms with Crippen LogP contribution in [-0.2, 0) is 43.3 Å². The molecule has 99 heavy (non-hydrogen) atoms. The molecule has 9 heterocycles. The van der Waals surface area contributed by atoms with Crippen molar-refractivity contribution in [2.75, 3.05) is 0 Å². The molecule has 0 bridgehead atoms. The number of aliphatic imine (C=N–C) groups is 1. The third-order valence-electron chi connectivity index (χ3n) is 13.7. The van der Waals surface area contributed by atoms with E-state index in [1.807, 2.05) is 24.4 Å². The highest BCUT2D eigenvalue weighted by Gasteiger charge is 2.24. The van der Waals surface area contributed by atoms with Gasteiger partial charge in [0.05, 0.1) is 29.0 Å². The fraction of sp³-hybridized carbons (Fsp3) is 0.451. The minimum absolute atomic E-state index is 0.0360. The molecule has 0 saturated heterocycles. The molecule has 0 atom stereocenters. The second kappa shape index (κ2) is 38.9. The molecule has 17 heteroatoms. The van der Waals surface area contributed by atoms with Gasteiger partial charge in [0.2, 0.25) is 11.8 Å². The summed E-state index contributed by atoms with van der Waals surface area (Å²) in [4.78, 5) is 23.9. The second-order valence-corrected chi connectivity index (χ2v) is 35.6. The van der Waals surface area contributed by atoms with E-state index >= 15 is 0 Å². The SMILES string of the molecule is C=CC1=NC(C(C)(C)C)=CC1.C=Cc1cc(C(C)(C)C)on1.C=Cc1cc(C(C)(C)C)sn1.C=Cc1nc(C(C)(C)C)co1.C=Cc1nc(C(C)(C)C)cs1.C=Cc1ncc(C(C)(C)C)o1.C=Cc1ncc(C(C)(C)C)s1.C=Cc1nocc1C(C)(C)C.C=Cc1nscc1C(C)(C)C. The Kier molecular flexibility index (Phi) is 35.1. The van der Waals surface area contributed by atoms with Gasteiger partial charge in [0.1, 0.15) is 45.4 Å². The van der Waals surface area contributed by atoms with E-state index in [9.17, 15) is 0 Å². The van der Waals surface area contributed by atoms with E-state index in [-0.39, 0.29) is 48.7 Å². The summed E-state index contributed by atoms with van der Waals surface area (Å²) in [6, 6.07) is 4.00. The van der Waals surface area contributed by atoms with Crippen molar-refractivity contribution in [1.82, 2.24) is 39.0 Å². The van der Waals surface area contributed by atoms with Crippen molar-refractivity contribution < 1.29 is 17.9 Å². The quantitative estimate of drug-likeness (QED) is 0.134. The van der Waals surface area contributed by atoms with Crippen LogP contribution in [0.1, 0.15) is 282 Å². The summed E-state index contributed by atoms with van der Waals surface area (Å²) < 4.78 is 28.9. The van der Waals surface area contributed by atoms with Gasteiger partial charge in [-0.15, -0.1) is 22.7 Å². The number of nitrogens with zero attached hydrogens (tertiary/aromatic N) is 9. The van der Waals surface area contributed by atoms with Gasteiger partial charge in [-0.3, -0.25) is 4.99 Å². The van der Waals surface area contributed by atoms with Crippen molar-refractivity contribution in [2.24, 2.45) is 10.4 Å². The molecule has 540 valence electrons. The molecule has 0 aromatic carbocycles. The lowest BCUT2D eigenvalue weighted by Gasteiger charge is -2.16. The van der Waals surface area contributed by atoms with Crippen molar-refractivity contribution in [3.63, 3.8) is 0 Å². The molecule has 8 aromatic heterocycles. The van der Waals surface area contributed by atoms with Crippen molar-refractivity contribution in [2.45, 2.75) is 237 Å². The van der Waals surface area contributed by atoms with E-state index in [2.05, 4.69) is 313 Å². The molecular formula is C82H119N9O4S4. The molecule has 0 radical (unpaired) electrons. The van der Waals surface area contributed by atoms with Crippen molar-refractivity contribution in [3.8, 4) is 0 Å². The Hall–Kier alpha value is -7.57. The Morgan fingerprint density at radius 2 is 0.990 bits per heavy atom. The average Bonchev–Trinajstić information content (AvgIpc) is 1.61. The lowest BCUT2D eigenvalue weighted by molar-refractivity contribution is 0.328. The Bertz CT molecular complexity index is 3370. The highest BCUT2D eigenvalue weighted by atomic mass is 32.1. The topological polar surface area (TPSA) is 168 Å². The first kappa shape index (κ1) is 89.4. The largest absolute Gasteiger partial charge is 0.445 e. The van der Waals surface area contributed by atoms with Gasteiger partial charge in [-0.1, -0.05) is 263 Å². The molecule has 13 nitrogen and oxygen atoms in total. The van der Waals surface area contributed by atoms with Crippen LogP contribution in [0.25, 0.3) is 48.6 Å². The lowest BCUT2D eigenvalue weighted by Crippen LogP contribution is -2.11. The summed E-state index contributed by atoms with van der Waals surface area (Å²) in [6.07, 6.45) is 25.8. The Balaban J connectivity index is 0.000000557. The highest BCUT2D eigenvalue weighted by molar-refractivity contribution is 7.12. The van der Waals surface area contributed by atoms with Crippen LogP contribution in [-0.4, -0.2) is 44.7 Å². The van der Waals surface area contributed by atoms with Crippen molar-refractivity contribution in [3.05, 3.63) is 213 Å². The van der Waals surface area contributed by atoms with Gasteiger partial charge < -0.3 is 17.9 Å². The van der Waals surface area contributed by atoms with Crippen molar-refractivity contribution in [1.29, 1.82) is 0 Å². The summed E-state index contributed by atoms with van der Waals surface area (Å²) in [5, 5.41) is 13.8. The predicted octanol–water partition coefficient (Wildman–Crippen LogP) is 25.7. The Morgan fingerprint density at radius 1 is 0.434 bits per heavy atom. The van der Waals surface area contributed by atoms with E-state index < -0.39 is 0 Å². The molecule has 8 aromatic rings. The molecular weight excluding hydrogens is 1300 g/mol. The number of aromatic nitrogens is 8. The standard InChI is InChI=1S/C10H15N.4C9H13NO.4C9H13NS/c1-5-8-6-7-9(11-8)10(2,3)4;1-5-8-10-7(6-11-8)9(2,3)4;1-5-8-10-6-7(11-8)9(2,3)4;1-5-8-7(6-11-10-8)9(2,3)4;1-5-7-6-8(11-10-7)9(2,3)4;1-5-8-10-7(6-11-8)9(2,3)4;1-5-8-10-6-7(11-8)9(2,3)4;1-5-8-7(6-11-10-8)9(2,3)4;1-5-7-6-8(11-10-7)9(2,3)4/h5,7H,1,6H2,2-4H3;8*5-6H,1H2,2-4H3. The zero-order valence-electron chi connectivity index (χ0n) is 65.3. The number of hydrogen-bond donors (Lipinski definition) is 0. The summed E-state index contributed by atoms with van der Waals surface area (Å²) in [7, 11) is 0. The molecule has 0 aliphatic carbocycles. The van der Waals surface area contributed by atoms with Gasteiger partial charge in [-0.05, 0) is 111 Å². The monoisotopic (exact) mass is 1420 g/mol. The van der Waals surface area contributed by atoms with E-state index in [1.165, 1.54) is 32.5 Å². The van der Waals surface area contributed by atoms with Gasteiger partial charge in [-0.25, -0.2) is 19.9 Å². The van der Waals surface area contributed by atoms with E-state index in [1.54, 1.807) is 95.5 Å². The van der Waals surface area contributed by atoms with Gasteiger partial charge in [0.15, 0.2) is 0 Å². The van der Waals surface area contributed by atoms with E-state index in [0.717, 1.165) is 73.4 Å². The van der Waals surface area contributed by atoms with Gasteiger partial charge >= 0.3 is 0 Å². The third kappa shape index (κ3) is 32.5. The number of thiazole rings is 2. The van der Waals surface area contributed by atoms with Crippen LogP contribution in [0.15, 0.2) is 148 Å². The summed E-state index contributed by atoms with van der Waals surface area (Å²) in [5.74, 6) is 2.98. The third-order valence-corrected chi connectivity index (χ3v) is 17.9.